The third kappa shape index (κ3) is 2.85. The van der Waals surface area contributed by atoms with Crippen LogP contribution in [-0.4, -0.2) is 28.6 Å². The predicted octanol–water partition coefficient (Wildman–Crippen LogP) is -4.35. The van der Waals surface area contributed by atoms with Crippen LogP contribution in [0.5, 0.6) is 0 Å². The van der Waals surface area contributed by atoms with E-state index in [1.807, 2.05) is 18.2 Å². The molecule has 2 unspecified atom stereocenters. The Balaban J connectivity index is 0.00000162. The van der Waals surface area contributed by atoms with Gasteiger partial charge in [-0.1, -0.05) is 6.07 Å². The van der Waals surface area contributed by atoms with Crippen molar-refractivity contribution in [2.75, 3.05) is 0 Å². The molecular formula is C11H14BrN3O3. The first-order valence-corrected chi connectivity index (χ1v) is 5.28. The van der Waals surface area contributed by atoms with E-state index in [4.69, 9.17) is 10.8 Å². The number of nitrogens with zero attached hydrogens (tertiary/aromatic N) is 1. The van der Waals surface area contributed by atoms with Crippen molar-refractivity contribution in [3.63, 3.8) is 0 Å². The molecule has 1 aromatic heterocycles. The quantitative estimate of drug-likeness (QED) is 0.491. The van der Waals surface area contributed by atoms with Crippen molar-refractivity contribution in [2.24, 2.45) is 5.73 Å². The monoisotopic (exact) mass is 315 g/mol. The van der Waals surface area contributed by atoms with Gasteiger partial charge in [-0.2, -0.15) is 0 Å². The molecule has 4 N–H and O–H groups in total. The minimum absolute atomic E-state index is 0. The Labute approximate surface area is 115 Å². The molecule has 1 saturated heterocycles. The molecule has 1 aliphatic rings. The largest absolute Gasteiger partial charge is 1.00 e. The Morgan fingerprint density at radius 3 is 2.61 bits per heavy atom. The Kier molecular flexibility index (Phi) is 4.42. The molecular weight excluding hydrogens is 302 g/mol. The number of carbonyl (C=O) groups excluding carboxylic acids is 1. The van der Waals surface area contributed by atoms with Crippen molar-refractivity contribution in [1.82, 2.24) is 5.32 Å². The van der Waals surface area contributed by atoms with E-state index >= 15 is 0 Å². The lowest BCUT2D eigenvalue weighted by Gasteiger charge is -2.16. The van der Waals surface area contributed by atoms with E-state index in [1.54, 1.807) is 17.0 Å². The molecule has 2 heterocycles. The molecule has 0 radical (unpaired) electrons. The van der Waals surface area contributed by atoms with Gasteiger partial charge >= 0.3 is 5.97 Å². The average molecular weight is 316 g/mol. The molecule has 6 nitrogen and oxygen atoms in total. The van der Waals surface area contributed by atoms with Crippen LogP contribution < -0.4 is 32.6 Å². The molecule has 2 atom stereocenters. The number of hydrogen-bond acceptors (Lipinski definition) is 3. The predicted molar refractivity (Wildman–Crippen MR) is 57.7 cm³/mol. The fourth-order valence-corrected chi connectivity index (χ4v) is 1.96. The van der Waals surface area contributed by atoms with Crippen molar-refractivity contribution in [2.45, 2.75) is 24.5 Å². The number of amides is 1. The number of carboxylic acids is 1. The van der Waals surface area contributed by atoms with Crippen LogP contribution in [0.1, 0.15) is 6.42 Å². The number of aliphatic carboxylic acids is 1. The maximum atomic E-state index is 11.7. The first-order valence-electron chi connectivity index (χ1n) is 5.28. The highest BCUT2D eigenvalue weighted by Gasteiger charge is 2.49. The van der Waals surface area contributed by atoms with Gasteiger partial charge in [0.25, 0.3) is 0 Å². The number of aromatic nitrogens is 1. The van der Waals surface area contributed by atoms with Gasteiger partial charge in [-0.25, -0.2) is 9.36 Å². The van der Waals surface area contributed by atoms with Crippen LogP contribution in [0, 0.1) is 0 Å². The summed E-state index contributed by atoms with van der Waals surface area (Å²) in [6.45, 7) is 0.267. The first-order chi connectivity index (χ1) is 8.01. The summed E-state index contributed by atoms with van der Waals surface area (Å²) in [5, 5.41) is 11.2. The Morgan fingerprint density at radius 2 is 2.11 bits per heavy atom. The van der Waals surface area contributed by atoms with Gasteiger partial charge in [-0.15, -0.1) is 0 Å². The molecule has 0 bridgehead atoms. The minimum Gasteiger partial charge on any atom is -1.00 e. The number of pyridine rings is 1. The highest BCUT2D eigenvalue weighted by atomic mass is 79.9. The summed E-state index contributed by atoms with van der Waals surface area (Å²) in [5.74, 6) is -1.47. The van der Waals surface area contributed by atoms with Crippen molar-refractivity contribution in [3.05, 3.63) is 30.6 Å². The Hall–Kier alpha value is -1.47. The second-order valence-electron chi connectivity index (χ2n) is 4.27. The van der Waals surface area contributed by atoms with Gasteiger partial charge in [-0.3, -0.25) is 4.79 Å². The molecule has 0 spiro atoms. The number of carbonyl (C=O) groups is 2. The van der Waals surface area contributed by atoms with E-state index in [2.05, 4.69) is 5.32 Å². The number of hydrogen-bond donors (Lipinski definition) is 3. The normalized spacial score (nSPS) is 26.3. The molecule has 1 fully saturated rings. The molecule has 18 heavy (non-hydrogen) atoms. The number of nitrogens with one attached hydrogen (secondary N) is 1. The standard InChI is InChI=1S/C11H13N3O3.BrH/c12-11(7-14-4-2-1-3-5-14)6-8(9(15)16)13-10(11)17;/h1-5,8H,6-7,12H2,(H-,13,15,16,17);1H. The zero-order valence-electron chi connectivity index (χ0n) is 9.54. The topological polar surface area (TPSA) is 96.3 Å². The molecule has 1 amide bonds. The summed E-state index contributed by atoms with van der Waals surface area (Å²) in [6.07, 6.45) is 3.68. The first kappa shape index (κ1) is 14.6. The van der Waals surface area contributed by atoms with Crippen LogP contribution >= 0.6 is 0 Å². The lowest BCUT2D eigenvalue weighted by Crippen LogP contribution is -3.00. The minimum atomic E-state index is -1.16. The zero-order chi connectivity index (χ0) is 12.5. The third-order valence-corrected chi connectivity index (χ3v) is 2.87. The molecule has 7 heteroatoms. The van der Waals surface area contributed by atoms with Crippen LogP contribution in [0.25, 0.3) is 0 Å². The number of nitrogens with two attached hydrogens (primary N) is 1. The molecule has 1 aromatic rings. The molecule has 1 aliphatic heterocycles. The van der Waals surface area contributed by atoms with Crippen molar-refractivity contribution < 1.29 is 36.2 Å². The molecule has 2 rings (SSSR count). The highest BCUT2D eigenvalue weighted by molar-refractivity contribution is 5.94. The second-order valence-corrected chi connectivity index (χ2v) is 4.27. The number of rotatable bonds is 3. The van der Waals surface area contributed by atoms with Gasteiger partial charge in [0.2, 0.25) is 5.91 Å². The lowest BCUT2D eigenvalue weighted by molar-refractivity contribution is -0.701. The van der Waals surface area contributed by atoms with Gasteiger partial charge < -0.3 is 33.1 Å². The van der Waals surface area contributed by atoms with E-state index in [1.165, 1.54) is 0 Å². The fraction of sp³-hybridized carbons (Fsp3) is 0.364. The molecule has 98 valence electrons. The van der Waals surface area contributed by atoms with E-state index in [0.717, 1.165) is 0 Å². The fourth-order valence-electron chi connectivity index (χ4n) is 1.96. The third-order valence-electron chi connectivity index (χ3n) is 2.87. The average Bonchev–Trinajstić information content (AvgIpc) is 2.57. The van der Waals surface area contributed by atoms with Crippen molar-refractivity contribution in [1.29, 1.82) is 0 Å². The summed E-state index contributed by atoms with van der Waals surface area (Å²) in [7, 11) is 0. The lowest BCUT2D eigenvalue weighted by atomic mass is 9.96. The van der Waals surface area contributed by atoms with Gasteiger partial charge in [0.05, 0.1) is 0 Å². The van der Waals surface area contributed by atoms with Crippen LogP contribution in [0.15, 0.2) is 30.6 Å². The Bertz CT molecular complexity index is 454. The number of halogens is 1. The van der Waals surface area contributed by atoms with Crippen LogP contribution in [0.2, 0.25) is 0 Å². The summed E-state index contributed by atoms with van der Waals surface area (Å²) >= 11 is 0. The summed E-state index contributed by atoms with van der Waals surface area (Å²) < 4.78 is 1.77. The van der Waals surface area contributed by atoms with Gasteiger partial charge in [0.1, 0.15) is 6.04 Å². The molecule has 0 saturated carbocycles. The maximum absolute atomic E-state index is 11.7. The van der Waals surface area contributed by atoms with Crippen molar-refractivity contribution in [3.8, 4) is 0 Å². The second kappa shape index (κ2) is 5.45. The summed E-state index contributed by atoms with van der Waals surface area (Å²) in [4.78, 5) is 22.5. The zero-order valence-corrected chi connectivity index (χ0v) is 11.1. The van der Waals surface area contributed by atoms with E-state index < -0.39 is 23.5 Å². The summed E-state index contributed by atoms with van der Waals surface area (Å²) in [6, 6.07) is 4.61. The van der Waals surface area contributed by atoms with Crippen molar-refractivity contribution >= 4 is 11.9 Å². The van der Waals surface area contributed by atoms with Gasteiger partial charge in [0, 0.05) is 18.6 Å². The van der Waals surface area contributed by atoms with E-state index in [-0.39, 0.29) is 29.9 Å². The number of carboxylic acid groups (broad SMARTS) is 1. The van der Waals surface area contributed by atoms with Crippen LogP contribution in [0.3, 0.4) is 0 Å². The SMILES string of the molecule is NC1(C[n+]2ccccc2)CC(C(=O)O)NC1=O.[Br-]. The highest BCUT2D eigenvalue weighted by Crippen LogP contribution is 2.18. The van der Waals surface area contributed by atoms with E-state index in [0.29, 0.717) is 0 Å². The van der Waals surface area contributed by atoms with Gasteiger partial charge in [0.15, 0.2) is 24.5 Å². The van der Waals surface area contributed by atoms with Crippen LogP contribution in [0.4, 0.5) is 0 Å². The van der Waals surface area contributed by atoms with E-state index in [9.17, 15) is 9.59 Å². The molecule has 0 aromatic carbocycles. The Morgan fingerprint density at radius 1 is 1.50 bits per heavy atom. The van der Waals surface area contributed by atoms with Gasteiger partial charge in [-0.05, 0) is 0 Å². The summed E-state index contributed by atoms with van der Waals surface area (Å²) in [5.41, 5.74) is 4.81. The molecule has 0 aliphatic carbocycles. The smallest absolute Gasteiger partial charge is 0.326 e. The van der Waals surface area contributed by atoms with Crippen LogP contribution in [-0.2, 0) is 16.1 Å². The maximum Gasteiger partial charge on any atom is 0.326 e.